The number of aliphatic hydroxyl groups excluding tert-OH is 1. The molecule has 0 saturated carbocycles. The molecule has 0 aromatic rings. The summed E-state index contributed by atoms with van der Waals surface area (Å²) in [5.74, 6) is -0.500. The Bertz CT molecular complexity index is 394. The molecule has 0 spiro atoms. The predicted octanol–water partition coefficient (Wildman–Crippen LogP) is 10.1. The van der Waals surface area contributed by atoms with Gasteiger partial charge in [-0.3, -0.25) is 0 Å². The molecule has 0 saturated heterocycles. The fourth-order valence-electron chi connectivity index (χ4n) is 4.71. The number of carbonyl (C=O) groups is 1. The highest BCUT2D eigenvalue weighted by atomic mass is 16.5. The molecule has 1 N–H and O–H groups in total. The lowest BCUT2D eigenvalue weighted by atomic mass is 10.0. The molecule has 0 amide bonds. The molecule has 3 heteroatoms. The van der Waals surface area contributed by atoms with Crippen molar-refractivity contribution >= 4 is 5.97 Å². The van der Waals surface area contributed by atoms with Gasteiger partial charge >= 0.3 is 5.97 Å². The molecule has 0 rings (SSSR count). The van der Waals surface area contributed by atoms with Crippen molar-refractivity contribution in [3.63, 3.8) is 0 Å². The van der Waals surface area contributed by atoms with E-state index < -0.39 is 12.1 Å². The van der Waals surface area contributed by atoms with E-state index >= 15 is 0 Å². The van der Waals surface area contributed by atoms with Crippen LogP contribution in [0.5, 0.6) is 0 Å². The zero-order chi connectivity index (χ0) is 25.0. The number of hydrogen-bond donors (Lipinski definition) is 1. The Morgan fingerprint density at radius 1 is 0.500 bits per heavy atom. The zero-order valence-electron chi connectivity index (χ0n) is 23.4. The third kappa shape index (κ3) is 27.7. The second-order valence-corrected chi connectivity index (χ2v) is 10.7. The van der Waals surface area contributed by atoms with Crippen LogP contribution in [0.1, 0.15) is 181 Å². The predicted molar refractivity (Wildman–Crippen MR) is 148 cm³/mol. The summed E-state index contributed by atoms with van der Waals surface area (Å²) < 4.78 is 4.97. The Morgan fingerprint density at radius 3 is 0.971 bits per heavy atom. The summed E-state index contributed by atoms with van der Waals surface area (Å²) in [5, 5.41) is 9.04. The first-order valence-electron chi connectivity index (χ1n) is 15.5. The summed E-state index contributed by atoms with van der Waals surface area (Å²) in [6, 6.07) is 0. The molecule has 0 bridgehead atoms. The van der Waals surface area contributed by atoms with Gasteiger partial charge in [0.25, 0.3) is 0 Å². The highest BCUT2D eigenvalue weighted by Gasteiger charge is 2.08. The van der Waals surface area contributed by atoms with Gasteiger partial charge in [0.1, 0.15) is 6.10 Å². The number of ether oxygens (including phenoxy) is 1. The first-order valence-corrected chi connectivity index (χ1v) is 15.5. The summed E-state index contributed by atoms with van der Waals surface area (Å²) in [4.78, 5) is 11.1. The minimum Gasteiger partial charge on any atom is -0.464 e. The lowest BCUT2D eigenvalue weighted by Crippen LogP contribution is -2.19. The summed E-state index contributed by atoms with van der Waals surface area (Å²) in [6.07, 6.45) is 35.2. The van der Waals surface area contributed by atoms with Gasteiger partial charge < -0.3 is 9.84 Å². The Morgan fingerprint density at radius 2 is 0.735 bits per heavy atom. The van der Waals surface area contributed by atoms with Gasteiger partial charge in [-0.2, -0.15) is 0 Å². The molecule has 0 aliphatic carbocycles. The summed E-state index contributed by atoms with van der Waals surface area (Å²) >= 11 is 0. The number of hydrogen-bond acceptors (Lipinski definition) is 3. The first-order chi connectivity index (χ1) is 16.7. The molecule has 1 atom stereocenters. The van der Waals surface area contributed by atoms with E-state index in [2.05, 4.69) is 6.92 Å². The molecule has 0 fully saturated rings. The number of unbranched alkanes of at least 4 members (excludes halogenated alkanes) is 25. The Balaban J connectivity index is 3.05. The molecule has 3 nitrogen and oxygen atoms in total. The number of carbonyl (C=O) groups excluding carboxylic acids is 1. The topological polar surface area (TPSA) is 46.5 Å². The number of rotatable bonds is 28. The molecule has 0 aromatic heterocycles. The molecule has 0 radical (unpaired) electrons. The van der Waals surface area contributed by atoms with E-state index in [9.17, 15) is 4.79 Å². The van der Waals surface area contributed by atoms with E-state index in [1.165, 1.54) is 161 Å². The van der Waals surface area contributed by atoms with Crippen molar-refractivity contribution < 1.29 is 14.6 Å². The standard InChI is InChI=1S/C31H62O3/c1-3-4-5-6-7-8-9-10-11-12-13-14-15-16-17-18-19-20-21-22-23-24-25-26-27-28-29-34-31(33)30(2)32/h30,32H,3-29H2,1-2H3. The summed E-state index contributed by atoms with van der Waals surface area (Å²) in [7, 11) is 0. The van der Waals surface area contributed by atoms with Crippen LogP contribution in [0, 0.1) is 0 Å². The molecular weight excluding hydrogens is 420 g/mol. The van der Waals surface area contributed by atoms with E-state index in [0.717, 1.165) is 12.8 Å². The highest BCUT2D eigenvalue weighted by molar-refractivity contribution is 5.73. The maximum atomic E-state index is 11.1. The minimum absolute atomic E-state index is 0.448. The molecule has 0 aliphatic heterocycles. The Labute approximate surface area is 214 Å². The second-order valence-electron chi connectivity index (χ2n) is 10.7. The molecule has 34 heavy (non-hydrogen) atoms. The van der Waals surface area contributed by atoms with Crippen molar-refractivity contribution in [1.82, 2.24) is 0 Å². The third-order valence-corrected chi connectivity index (χ3v) is 7.08. The van der Waals surface area contributed by atoms with E-state index in [1.54, 1.807) is 0 Å². The van der Waals surface area contributed by atoms with E-state index in [4.69, 9.17) is 9.84 Å². The maximum Gasteiger partial charge on any atom is 0.334 e. The first kappa shape index (κ1) is 33.4. The van der Waals surface area contributed by atoms with Gasteiger partial charge in [0.05, 0.1) is 6.61 Å². The smallest absolute Gasteiger partial charge is 0.334 e. The lowest BCUT2D eigenvalue weighted by Gasteiger charge is -2.06. The average molecular weight is 483 g/mol. The fourth-order valence-corrected chi connectivity index (χ4v) is 4.71. The van der Waals surface area contributed by atoms with Crippen LogP contribution in [0.25, 0.3) is 0 Å². The molecule has 1 unspecified atom stereocenters. The minimum atomic E-state index is -0.996. The van der Waals surface area contributed by atoms with Gasteiger partial charge in [-0.15, -0.1) is 0 Å². The van der Waals surface area contributed by atoms with Gasteiger partial charge in [0, 0.05) is 0 Å². The molecule has 0 aliphatic rings. The SMILES string of the molecule is CCCCCCCCCCCCCCCCCCCCCCCCCCCCOC(=O)C(C)O. The van der Waals surface area contributed by atoms with Gasteiger partial charge in [-0.25, -0.2) is 4.79 Å². The quantitative estimate of drug-likeness (QED) is 0.0891. The third-order valence-electron chi connectivity index (χ3n) is 7.08. The van der Waals surface area contributed by atoms with Crippen LogP contribution in [0.4, 0.5) is 0 Å². The van der Waals surface area contributed by atoms with Crippen LogP contribution in [-0.4, -0.2) is 23.8 Å². The molecule has 0 heterocycles. The van der Waals surface area contributed by atoms with Gasteiger partial charge in [-0.1, -0.05) is 167 Å². The van der Waals surface area contributed by atoms with Crippen molar-refractivity contribution in [2.24, 2.45) is 0 Å². The van der Waals surface area contributed by atoms with Crippen molar-refractivity contribution in [2.75, 3.05) is 6.61 Å². The van der Waals surface area contributed by atoms with Gasteiger partial charge in [-0.05, 0) is 13.3 Å². The Hall–Kier alpha value is -0.570. The van der Waals surface area contributed by atoms with Crippen molar-refractivity contribution in [1.29, 1.82) is 0 Å². The normalized spacial score (nSPS) is 12.2. The van der Waals surface area contributed by atoms with Crippen LogP contribution in [-0.2, 0) is 9.53 Å². The summed E-state index contributed by atoms with van der Waals surface area (Å²) in [5.41, 5.74) is 0. The van der Waals surface area contributed by atoms with Crippen LogP contribution in [0.2, 0.25) is 0 Å². The van der Waals surface area contributed by atoms with Crippen LogP contribution in [0.3, 0.4) is 0 Å². The van der Waals surface area contributed by atoms with Crippen molar-refractivity contribution in [2.45, 2.75) is 187 Å². The highest BCUT2D eigenvalue weighted by Crippen LogP contribution is 2.16. The van der Waals surface area contributed by atoms with Crippen molar-refractivity contribution in [3.8, 4) is 0 Å². The number of aliphatic hydroxyl groups is 1. The van der Waals surface area contributed by atoms with E-state index in [1.807, 2.05) is 0 Å². The molecule has 204 valence electrons. The second kappa shape index (κ2) is 28.7. The lowest BCUT2D eigenvalue weighted by molar-refractivity contribution is -0.152. The van der Waals surface area contributed by atoms with Crippen LogP contribution >= 0.6 is 0 Å². The zero-order valence-corrected chi connectivity index (χ0v) is 23.4. The maximum absolute atomic E-state index is 11.1. The summed E-state index contributed by atoms with van der Waals surface area (Å²) in [6.45, 7) is 4.19. The van der Waals surface area contributed by atoms with Gasteiger partial charge in [0.2, 0.25) is 0 Å². The molecular formula is C31H62O3. The largest absolute Gasteiger partial charge is 0.464 e. The van der Waals surface area contributed by atoms with Gasteiger partial charge in [0.15, 0.2) is 0 Å². The van der Waals surface area contributed by atoms with Crippen LogP contribution < -0.4 is 0 Å². The monoisotopic (exact) mass is 482 g/mol. The van der Waals surface area contributed by atoms with Crippen molar-refractivity contribution in [3.05, 3.63) is 0 Å². The van der Waals surface area contributed by atoms with E-state index in [-0.39, 0.29) is 0 Å². The fraction of sp³-hybridized carbons (Fsp3) is 0.968. The average Bonchev–Trinajstić information content (AvgIpc) is 2.83. The van der Waals surface area contributed by atoms with E-state index in [0.29, 0.717) is 6.61 Å². The van der Waals surface area contributed by atoms with Crippen LogP contribution in [0.15, 0.2) is 0 Å². The Kier molecular flexibility index (Phi) is 28.2. The number of esters is 1. The molecule has 0 aromatic carbocycles.